The summed E-state index contributed by atoms with van der Waals surface area (Å²) >= 11 is 1.43. The first kappa shape index (κ1) is 29.9. The van der Waals surface area contributed by atoms with Gasteiger partial charge in [0.1, 0.15) is 28.2 Å². The third-order valence-electron chi connectivity index (χ3n) is 7.30. The summed E-state index contributed by atoms with van der Waals surface area (Å²) in [6, 6.07) is 6.42. The molecule has 3 heterocycles. The van der Waals surface area contributed by atoms with Crippen molar-refractivity contribution in [2.75, 3.05) is 17.2 Å². The van der Waals surface area contributed by atoms with Gasteiger partial charge in [0.15, 0.2) is 0 Å². The molecule has 0 aliphatic heterocycles. The molecule has 0 spiro atoms. The van der Waals surface area contributed by atoms with Crippen LogP contribution in [0.15, 0.2) is 30.3 Å². The quantitative estimate of drug-likeness (QED) is 0.193. The van der Waals surface area contributed by atoms with Crippen molar-refractivity contribution in [3.63, 3.8) is 0 Å². The zero-order valence-corrected chi connectivity index (χ0v) is 24.1. The summed E-state index contributed by atoms with van der Waals surface area (Å²) in [5.74, 6) is -0.433. The third-order valence-corrected chi connectivity index (χ3v) is 8.32. The van der Waals surface area contributed by atoms with Crippen molar-refractivity contribution in [2.24, 2.45) is 5.92 Å². The number of nitrogens with one attached hydrogen (secondary N) is 2. The van der Waals surface area contributed by atoms with Crippen LogP contribution in [0.3, 0.4) is 0 Å². The van der Waals surface area contributed by atoms with E-state index in [9.17, 15) is 28.5 Å². The van der Waals surface area contributed by atoms with Crippen LogP contribution in [0.1, 0.15) is 42.0 Å². The Balaban J connectivity index is 1.55. The molecule has 5 rings (SSSR count). The monoisotopic (exact) mass is 604 g/mol. The van der Waals surface area contributed by atoms with Crippen LogP contribution in [0.2, 0.25) is 0 Å². The highest BCUT2D eigenvalue weighted by atomic mass is 32.1. The molecule has 1 aliphatic rings. The maximum Gasteiger partial charge on any atom is 0.573 e. The zero-order valence-electron chi connectivity index (χ0n) is 23.3. The van der Waals surface area contributed by atoms with Gasteiger partial charge in [-0.1, -0.05) is 18.2 Å². The lowest BCUT2D eigenvalue weighted by Gasteiger charge is -2.23. The summed E-state index contributed by atoms with van der Waals surface area (Å²) in [6.45, 7) is 6.91. The number of aromatic nitrogens is 4. The van der Waals surface area contributed by atoms with Gasteiger partial charge in [-0.2, -0.15) is 4.98 Å². The minimum Gasteiger partial charge on any atom is -0.405 e. The van der Waals surface area contributed by atoms with Gasteiger partial charge < -0.3 is 30.7 Å². The predicted molar refractivity (Wildman–Crippen MR) is 152 cm³/mol. The Morgan fingerprint density at radius 2 is 1.79 bits per heavy atom. The van der Waals surface area contributed by atoms with Crippen LogP contribution in [0.5, 0.6) is 5.75 Å². The number of benzene rings is 1. The van der Waals surface area contributed by atoms with Gasteiger partial charge in [0.25, 0.3) is 0 Å². The standard InChI is InChI=1S/C28H31F3N6O4S/c1-12-9-20-22(15(4)32-12)36-26(42-20)21-14(3)34-27(37-25(21)35-18-10-16(11-38)23(39)24(18)40)33-13(2)17-7-5-6-8-19(17)41-28(29,30)31/h5-9,13,16,18,23-24,38-40H,10-11H2,1-4H3,(H2,33,34,35,37)/t13-,16-,18?,23-,24+/m1/s1. The average molecular weight is 605 g/mol. The van der Waals surface area contributed by atoms with Gasteiger partial charge in [0.05, 0.1) is 39.8 Å². The van der Waals surface area contributed by atoms with E-state index in [2.05, 4.69) is 30.3 Å². The largest absolute Gasteiger partial charge is 0.573 e. The number of para-hydroxylation sites is 1. The Hall–Kier alpha value is -3.59. The van der Waals surface area contributed by atoms with Crippen molar-refractivity contribution in [2.45, 2.75) is 64.8 Å². The minimum atomic E-state index is -4.86. The van der Waals surface area contributed by atoms with E-state index in [-0.39, 0.29) is 30.3 Å². The number of hydrogen-bond donors (Lipinski definition) is 5. The molecule has 1 saturated carbocycles. The predicted octanol–water partition coefficient (Wildman–Crippen LogP) is 4.66. The maximum absolute atomic E-state index is 13.0. The first-order valence-electron chi connectivity index (χ1n) is 13.3. The number of aliphatic hydroxyl groups is 3. The number of fused-ring (bicyclic) bond motifs is 1. The highest BCUT2D eigenvalue weighted by molar-refractivity contribution is 7.21. The van der Waals surface area contributed by atoms with Crippen molar-refractivity contribution in [1.82, 2.24) is 19.9 Å². The van der Waals surface area contributed by atoms with Crippen molar-refractivity contribution in [3.8, 4) is 16.3 Å². The Kier molecular flexibility index (Phi) is 8.25. The lowest BCUT2D eigenvalue weighted by molar-refractivity contribution is -0.274. The van der Waals surface area contributed by atoms with Gasteiger partial charge in [-0.3, -0.25) is 4.98 Å². The second-order valence-corrected chi connectivity index (χ2v) is 11.5. The summed E-state index contributed by atoms with van der Waals surface area (Å²) < 4.78 is 44.2. The molecule has 42 heavy (non-hydrogen) atoms. The maximum atomic E-state index is 13.0. The first-order valence-corrected chi connectivity index (χ1v) is 14.1. The number of rotatable bonds is 8. The Morgan fingerprint density at radius 3 is 2.48 bits per heavy atom. The molecule has 14 heteroatoms. The number of alkyl halides is 3. The van der Waals surface area contributed by atoms with E-state index in [0.29, 0.717) is 22.1 Å². The topological polar surface area (TPSA) is 146 Å². The van der Waals surface area contributed by atoms with Crippen molar-refractivity contribution < 1.29 is 33.2 Å². The first-order chi connectivity index (χ1) is 19.8. The van der Waals surface area contributed by atoms with E-state index in [4.69, 9.17) is 4.98 Å². The minimum absolute atomic E-state index is 0.120. The van der Waals surface area contributed by atoms with Crippen LogP contribution in [-0.2, 0) is 0 Å². The number of aryl methyl sites for hydroxylation is 3. The van der Waals surface area contributed by atoms with Gasteiger partial charge in [-0.15, -0.1) is 24.5 Å². The van der Waals surface area contributed by atoms with E-state index < -0.39 is 36.6 Å². The highest BCUT2D eigenvalue weighted by Gasteiger charge is 2.41. The third kappa shape index (κ3) is 6.11. The fourth-order valence-electron chi connectivity index (χ4n) is 5.28. The molecule has 1 aromatic carbocycles. The molecule has 1 unspecified atom stereocenters. The second-order valence-electron chi connectivity index (χ2n) is 10.4. The van der Waals surface area contributed by atoms with Crippen LogP contribution < -0.4 is 15.4 Å². The lowest BCUT2D eigenvalue weighted by Crippen LogP contribution is -2.35. The Bertz CT molecular complexity index is 1600. The van der Waals surface area contributed by atoms with Gasteiger partial charge in [0.2, 0.25) is 5.95 Å². The molecule has 5 N–H and O–H groups in total. The van der Waals surface area contributed by atoms with Crippen molar-refractivity contribution in [1.29, 1.82) is 0 Å². The van der Waals surface area contributed by atoms with E-state index in [1.165, 1.54) is 29.5 Å². The van der Waals surface area contributed by atoms with E-state index in [0.717, 1.165) is 21.6 Å². The summed E-state index contributed by atoms with van der Waals surface area (Å²) in [5.41, 5.74) is 3.70. The van der Waals surface area contributed by atoms with E-state index in [1.54, 1.807) is 19.9 Å². The fraction of sp³-hybridized carbons (Fsp3) is 0.429. The Morgan fingerprint density at radius 1 is 1.05 bits per heavy atom. The molecule has 1 fully saturated rings. The number of nitrogens with zero attached hydrogens (tertiary/aromatic N) is 4. The number of halogens is 3. The summed E-state index contributed by atoms with van der Waals surface area (Å²) in [6.07, 6.45) is -6.87. The average Bonchev–Trinajstić information content (AvgIpc) is 3.44. The van der Waals surface area contributed by atoms with Gasteiger partial charge >= 0.3 is 6.36 Å². The van der Waals surface area contributed by atoms with Crippen molar-refractivity contribution in [3.05, 3.63) is 53.0 Å². The molecule has 0 bridgehead atoms. The number of pyridine rings is 1. The molecule has 0 amide bonds. The summed E-state index contributed by atoms with van der Waals surface area (Å²) in [7, 11) is 0. The fourth-order valence-corrected chi connectivity index (χ4v) is 6.50. The zero-order chi connectivity index (χ0) is 30.3. The number of thiazole rings is 1. The second kappa shape index (κ2) is 11.6. The van der Waals surface area contributed by atoms with Crippen LogP contribution >= 0.6 is 11.3 Å². The smallest absolute Gasteiger partial charge is 0.405 e. The molecular formula is C28H31F3N6O4S. The van der Waals surface area contributed by atoms with Gasteiger partial charge in [-0.25, -0.2) is 9.97 Å². The molecule has 4 aromatic rings. The lowest BCUT2D eigenvalue weighted by atomic mass is 10.1. The van der Waals surface area contributed by atoms with Crippen molar-refractivity contribution >= 4 is 33.3 Å². The number of anilines is 2. The highest BCUT2D eigenvalue weighted by Crippen LogP contribution is 2.39. The molecule has 10 nitrogen and oxygen atoms in total. The molecule has 1 aliphatic carbocycles. The molecule has 5 atom stereocenters. The summed E-state index contributed by atoms with van der Waals surface area (Å²) in [4.78, 5) is 18.6. The van der Waals surface area contributed by atoms with Crippen LogP contribution in [0, 0.1) is 26.7 Å². The number of hydrogen-bond acceptors (Lipinski definition) is 11. The van der Waals surface area contributed by atoms with Crippen LogP contribution in [-0.4, -0.2) is 66.5 Å². The van der Waals surface area contributed by atoms with E-state index in [1.807, 2.05) is 19.9 Å². The SMILES string of the molecule is Cc1cc2sc(-c3c(C)nc(N[C@H](C)c4ccccc4OC(F)(F)F)nc3NC3C[C@H](CO)[C@@H](O)[C@H]3O)nc2c(C)n1. The number of ether oxygens (including phenoxy) is 1. The van der Waals surface area contributed by atoms with Crippen LogP contribution in [0.4, 0.5) is 24.9 Å². The normalized spacial score (nSPS) is 21.5. The van der Waals surface area contributed by atoms with Gasteiger partial charge in [0, 0.05) is 23.8 Å². The molecule has 0 radical (unpaired) electrons. The summed E-state index contributed by atoms with van der Waals surface area (Å²) in [5, 5.41) is 37.7. The Labute approximate surface area is 243 Å². The molecule has 0 saturated heterocycles. The number of aliphatic hydroxyl groups excluding tert-OH is 3. The van der Waals surface area contributed by atoms with Crippen LogP contribution in [0.25, 0.3) is 20.8 Å². The molecule has 224 valence electrons. The van der Waals surface area contributed by atoms with Gasteiger partial charge in [-0.05, 0) is 46.2 Å². The molecule has 3 aromatic heterocycles. The van der Waals surface area contributed by atoms with E-state index >= 15 is 0 Å². The molecular weight excluding hydrogens is 573 g/mol.